The summed E-state index contributed by atoms with van der Waals surface area (Å²) in [7, 11) is 0. The van der Waals surface area contributed by atoms with E-state index >= 15 is 0 Å². The van der Waals surface area contributed by atoms with Gasteiger partial charge in [-0.3, -0.25) is 4.79 Å². The fourth-order valence-electron chi connectivity index (χ4n) is 1.90. The van der Waals surface area contributed by atoms with Crippen molar-refractivity contribution < 1.29 is 4.39 Å². The standard InChI is InChI=1S/C14H15FN2O/c1-10-3-2-6-17(14(10)18)9-11-4-5-13(15)7-12(11)8-16/h2-7H,8-9,16H2,1H3. The van der Waals surface area contributed by atoms with Gasteiger partial charge in [0.05, 0.1) is 6.54 Å². The molecule has 0 amide bonds. The van der Waals surface area contributed by atoms with Gasteiger partial charge >= 0.3 is 0 Å². The molecule has 0 atom stereocenters. The minimum Gasteiger partial charge on any atom is -0.326 e. The molecule has 0 aliphatic heterocycles. The first-order valence-corrected chi connectivity index (χ1v) is 5.75. The molecule has 0 bridgehead atoms. The first-order valence-electron chi connectivity index (χ1n) is 5.75. The summed E-state index contributed by atoms with van der Waals surface area (Å²) in [6.45, 7) is 2.44. The molecule has 2 rings (SSSR count). The van der Waals surface area contributed by atoms with Gasteiger partial charge < -0.3 is 10.3 Å². The molecular weight excluding hydrogens is 231 g/mol. The molecule has 2 aromatic rings. The van der Waals surface area contributed by atoms with Gasteiger partial charge in [0.1, 0.15) is 5.82 Å². The lowest BCUT2D eigenvalue weighted by atomic mass is 10.1. The number of benzene rings is 1. The number of pyridine rings is 1. The summed E-state index contributed by atoms with van der Waals surface area (Å²) >= 11 is 0. The molecule has 0 saturated carbocycles. The van der Waals surface area contributed by atoms with E-state index in [0.29, 0.717) is 12.1 Å². The number of nitrogens with two attached hydrogens (primary N) is 1. The summed E-state index contributed by atoms with van der Waals surface area (Å²) in [6.07, 6.45) is 1.72. The van der Waals surface area contributed by atoms with Gasteiger partial charge in [-0.2, -0.15) is 0 Å². The molecule has 18 heavy (non-hydrogen) atoms. The summed E-state index contributed by atoms with van der Waals surface area (Å²) in [4.78, 5) is 11.9. The predicted octanol–water partition coefficient (Wildman–Crippen LogP) is 1.80. The van der Waals surface area contributed by atoms with Gasteiger partial charge in [0.25, 0.3) is 5.56 Å². The van der Waals surface area contributed by atoms with E-state index in [-0.39, 0.29) is 17.9 Å². The molecular formula is C14H15FN2O. The molecule has 94 valence electrons. The summed E-state index contributed by atoms with van der Waals surface area (Å²) in [5, 5.41) is 0. The monoisotopic (exact) mass is 246 g/mol. The summed E-state index contributed by atoms with van der Waals surface area (Å²) in [6, 6.07) is 8.06. The molecule has 1 heterocycles. The van der Waals surface area contributed by atoms with E-state index in [4.69, 9.17) is 5.73 Å². The largest absolute Gasteiger partial charge is 0.326 e. The number of halogens is 1. The third-order valence-electron chi connectivity index (χ3n) is 2.94. The lowest BCUT2D eigenvalue weighted by Gasteiger charge is -2.10. The van der Waals surface area contributed by atoms with Crippen molar-refractivity contribution in [3.05, 3.63) is 69.4 Å². The van der Waals surface area contributed by atoms with Crippen molar-refractivity contribution >= 4 is 0 Å². The average Bonchev–Trinajstić information content (AvgIpc) is 2.37. The number of nitrogens with zero attached hydrogens (tertiary/aromatic N) is 1. The van der Waals surface area contributed by atoms with Crippen LogP contribution in [-0.2, 0) is 13.1 Å². The minimum absolute atomic E-state index is 0.0372. The third kappa shape index (κ3) is 2.49. The Labute approximate surface area is 105 Å². The molecule has 0 unspecified atom stereocenters. The van der Waals surface area contributed by atoms with Crippen LogP contribution in [0, 0.1) is 12.7 Å². The number of aromatic nitrogens is 1. The van der Waals surface area contributed by atoms with Crippen LogP contribution < -0.4 is 11.3 Å². The van der Waals surface area contributed by atoms with Crippen LogP contribution in [0.1, 0.15) is 16.7 Å². The average molecular weight is 246 g/mol. The van der Waals surface area contributed by atoms with Crippen molar-refractivity contribution in [1.82, 2.24) is 4.57 Å². The van der Waals surface area contributed by atoms with E-state index in [2.05, 4.69) is 0 Å². The summed E-state index contributed by atoms with van der Waals surface area (Å²) < 4.78 is 14.7. The number of hydrogen-bond acceptors (Lipinski definition) is 2. The van der Waals surface area contributed by atoms with Gasteiger partial charge in [-0.25, -0.2) is 4.39 Å². The molecule has 0 aliphatic carbocycles. The van der Waals surface area contributed by atoms with Crippen molar-refractivity contribution in [1.29, 1.82) is 0 Å². The molecule has 0 fully saturated rings. The Morgan fingerprint density at radius 3 is 2.78 bits per heavy atom. The molecule has 1 aromatic carbocycles. The topological polar surface area (TPSA) is 48.0 Å². The van der Waals surface area contributed by atoms with Gasteiger partial charge in [0, 0.05) is 18.3 Å². The molecule has 0 spiro atoms. The second-order valence-corrected chi connectivity index (χ2v) is 4.24. The lowest BCUT2D eigenvalue weighted by molar-refractivity contribution is 0.622. The first-order chi connectivity index (χ1) is 8.61. The minimum atomic E-state index is -0.309. The van der Waals surface area contributed by atoms with Crippen LogP contribution in [0.3, 0.4) is 0 Å². The first kappa shape index (κ1) is 12.5. The smallest absolute Gasteiger partial charge is 0.253 e. The predicted molar refractivity (Wildman–Crippen MR) is 68.8 cm³/mol. The Bertz CT molecular complexity index is 619. The Hall–Kier alpha value is -1.94. The molecule has 3 nitrogen and oxygen atoms in total. The molecule has 0 radical (unpaired) electrons. The van der Waals surface area contributed by atoms with E-state index in [1.807, 2.05) is 6.07 Å². The molecule has 2 N–H and O–H groups in total. The highest BCUT2D eigenvalue weighted by atomic mass is 19.1. The van der Waals surface area contributed by atoms with Crippen LogP contribution >= 0.6 is 0 Å². The van der Waals surface area contributed by atoms with Crippen molar-refractivity contribution in [3.8, 4) is 0 Å². The highest BCUT2D eigenvalue weighted by molar-refractivity contribution is 5.28. The third-order valence-corrected chi connectivity index (χ3v) is 2.94. The zero-order valence-electron chi connectivity index (χ0n) is 10.2. The Kier molecular flexibility index (Phi) is 3.58. The fourth-order valence-corrected chi connectivity index (χ4v) is 1.90. The van der Waals surface area contributed by atoms with Gasteiger partial charge in [-0.15, -0.1) is 0 Å². The fraction of sp³-hybridized carbons (Fsp3) is 0.214. The van der Waals surface area contributed by atoms with Crippen LogP contribution in [0.5, 0.6) is 0 Å². The van der Waals surface area contributed by atoms with E-state index in [0.717, 1.165) is 11.1 Å². The second kappa shape index (κ2) is 5.14. The van der Waals surface area contributed by atoms with Crippen LogP contribution in [0.2, 0.25) is 0 Å². The maximum Gasteiger partial charge on any atom is 0.253 e. The molecule has 0 saturated heterocycles. The van der Waals surface area contributed by atoms with Crippen LogP contribution in [0.4, 0.5) is 4.39 Å². The maximum absolute atomic E-state index is 13.1. The van der Waals surface area contributed by atoms with Crippen molar-refractivity contribution in [3.63, 3.8) is 0 Å². The Balaban J connectivity index is 2.40. The van der Waals surface area contributed by atoms with E-state index in [9.17, 15) is 9.18 Å². The number of hydrogen-bond donors (Lipinski definition) is 1. The summed E-state index contributed by atoms with van der Waals surface area (Å²) in [5.74, 6) is -0.309. The molecule has 4 heteroatoms. The van der Waals surface area contributed by atoms with Crippen molar-refractivity contribution in [2.45, 2.75) is 20.0 Å². The maximum atomic E-state index is 13.1. The normalized spacial score (nSPS) is 10.6. The number of rotatable bonds is 3. The van der Waals surface area contributed by atoms with E-state index in [1.165, 1.54) is 12.1 Å². The Morgan fingerprint density at radius 2 is 2.06 bits per heavy atom. The SMILES string of the molecule is Cc1cccn(Cc2ccc(F)cc2CN)c1=O. The highest BCUT2D eigenvalue weighted by Gasteiger charge is 2.05. The van der Waals surface area contributed by atoms with Crippen LogP contribution in [0.25, 0.3) is 0 Å². The zero-order chi connectivity index (χ0) is 13.1. The van der Waals surface area contributed by atoms with Crippen molar-refractivity contribution in [2.24, 2.45) is 5.73 Å². The quantitative estimate of drug-likeness (QED) is 0.897. The van der Waals surface area contributed by atoms with Gasteiger partial charge in [0.15, 0.2) is 0 Å². The van der Waals surface area contributed by atoms with Gasteiger partial charge in [0.2, 0.25) is 0 Å². The van der Waals surface area contributed by atoms with Gasteiger partial charge in [-0.05, 0) is 36.2 Å². The van der Waals surface area contributed by atoms with Crippen molar-refractivity contribution in [2.75, 3.05) is 0 Å². The van der Waals surface area contributed by atoms with E-state index < -0.39 is 0 Å². The zero-order valence-corrected chi connectivity index (χ0v) is 10.2. The highest BCUT2D eigenvalue weighted by Crippen LogP contribution is 2.12. The summed E-state index contributed by atoms with van der Waals surface area (Å²) in [5.41, 5.74) is 7.83. The van der Waals surface area contributed by atoms with Gasteiger partial charge in [-0.1, -0.05) is 12.1 Å². The molecule has 1 aromatic heterocycles. The van der Waals surface area contributed by atoms with Crippen LogP contribution in [0.15, 0.2) is 41.3 Å². The number of aryl methyl sites for hydroxylation is 1. The Morgan fingerprint density at radius 1 is 1.28 bits per heavy atom. The second-order valence-electron chi connectivity index (χ2n) is 4.24. The lowest BCUT2D eigenvalue weighted by Crippen LogP contribution is -2.22. The van der Waals surface area contributed by atoms with Crippen LogP contribution in [-0.4, -0.2) is 4.57 Å². The van der Waals surface area contributed by atoms with E-state index in [1.54, 1.807) is 29.8 Å². The molecule has 0 aliphatic rings.